The number of rotatable bonds is 5. The molecular formula is C19H21NO5S. The normalized spacial score (nSPS) is 15.8. The monoisotopic (exact) mass is 375 g/mol. The molecule has 0 saturated heterocycles. The molecule has 1 aromatic carbocycles. The van der Waals surface area contributed by atoms with Crippen LogP contribution in [0, 0.1) is 5.92 Å². The van der Waals surface area contributed by atoms with E-state index in [2.05, 4.69) is 12.2 Å². The fourth-order valence-corrected chi connectivity index (χ4v) is 4.43. The average Bonchev–Trinajstić information content (AvgIpc) is 2.97. The van der Waals surface area contributed by atoms with E-state index in [4.69, 9.17) is 9.47 Å². The summed E-state index contributed by atoms with van der Waals surface area (Å²) in [4.78, 5) is 25.6. The van der Waals surface area contributed by atoms with Gasteiger partial charge in [0.25, 0.3) is 5.91 Å². The van der Waals surface area contributed by atoms with Crippen LogP contribution in [0.5, 0.6) is 11.5 Å². The van der Waals surface area contributed by atoms with Crippen LogP contribution in [0.2, 0.25) is 0 Å². The van der Waals surface area contributed by atoms with Crippen molar-refractivity contribution < 1.29 is 24.2 Å². The van der Waals surface area contributed by atoms with Crippen LogP contribution < -0.4 is 10.1 Å². The lowest BCUT2D eigenvalue weighted by Gasteiger charge is -2.18. The summed E-state index contributed by atoms with van der Waals surface area (Å²) in [6.45, 7) is 1.99. The summed E-state index contributed by atoms with van der Waals surface area (Å²) in [5, 5.41) is 12.6. The Hall–Kier alpha value is -2.54. The number of phenols is 1. The minimum absolute atomic E-state index is 0.128. The first-order chi connectivity index (χ1) is 12.5. The van der Waals surface area contributed by atoms with Gasteiger partial charge in [-0.2, -0.15) is 0 Å². The zero-order valence-electron chi connectivity index (χ0n) is 14.7. The number of esters is 1. The molecule has 0 radical (unpaired) electrons. The number of thiophene rings is 1. The fourth-order valence-electron chi connectivity index (χ4n) is 3.01. The number of benzene rings is 1. The minimum Gasteiger partial charge on any atom is -0.508 e. The van der Waals surface area contributed by atoms with Crippen molar-refractivity contribution in [1.82, 2.24) is 0 Å². The molecule has 3 rings (SSSR count). The van der Waals surface area contributed by atoms with Gasteiger partial charge in [0.2, 0.25) is 0 Å². The zero-order valence-corrected chi connectivity index (χ0v) is 15.5. The highest BCUT2D eigenvalue weighted by Gasteiger charge is 2.28. The number of carbonyl (C=O) groups excluding carboxylic acids is 2. The van der Waals surface area contributed by atoms with E-state index >= 15 is 0 Å². The van der Waals surface area contributed by atoms with Crippen LogP contribution in [0.4, 0.5) is 5.00 Å². The molecule has 6 nitrogen and oxygen atoms in total. The van der Waals surface area contributed by atoms with E-state index < -0.39 is 5.97 Å². The van der Waals surface area contributed by atoms with Crippen LogP contribution in [-0.2, 0) is 22.4 Å². The van der Waals surface area contributed by atoms with Crippen LogP contribution in [0.25, 0.3) is 0 Å². The molecule has 0 spiro atoms. The number of anilines is 1. The lowest BCUT2D eigenvalue weighted by Crippen LogP contribution is -2.21. The van der Waals surface area contributed by atoms with Gasteiger partial charge in [-0.3, -0.25) is 4.79 Å². The van der Waals surface area contributed by atoms with Gasteiger partial charge < -0.3 is 19.9 Å². The Balaban J connectivity index is 1.73. The molecule has 0 aliphatic heterocycles. The SMILES string of the molecule is COC(=O)c1c(NC(=O)COc2ccc(O)cc2)sc2c1CCC(C)C2. The second-order valence-corrected chi connectivity index (χ2v) is 7.48. The second kappa shape index (κ2) is 7.78. The van der Waals surface area contributed by atoms with E-state index in [1.165, 1.54) is 30.6 Å². The molecule has 1 aliphatic carbocycles. The van der Waals surface area contributed by atoms with E-state index in [0.717, 1.165) is 29.7 Å². The van der Waals surface area contributed by atoms with Crippen LogP contribution in [0.1, 0.15) is 34.1 Å². The Labute approximate surface area is 155 Å². The van der Waals surface area contributed by atoms with Gasteiger partial charge in [0.1, 0.15) is 16.5 Å². The Morgan fingerprint density at radius 2 is 2.04 bits per heavy atom. The molecule has 1 heterocycles. The number of carbonyl (C=O) groups is 2. The summed E-state index contributed by atoms with van der Waals surface area (Å²) >= 11 is 1.44. The third kappa shape index (κ3) is 3.99. The summed E-state index contributed by atoms with van der Waals surface area (Å²) in [7, 11) is 1.34. The molecular weight excluding hydrogens is 354 g/mol. The molecule has 7 heteroatoms. The molecule has 2 N–H and O–H groups in total. The Morgan fingerprint density at radius 1 is 1.31 bits per heavy atom. The lowest BCUT2D eigenvalue weighted by atomic mass is 9.88. The van der Waals surface area contributed by atoms with Crippen molar-refractivity contribution in [3.05, 3.63) is 40.3 Å². The number of fused-ring (bicyclic) bond motifs is 1. The summed E-state index contributed by atoms with van der Waals surface area (Å²) in [5.74, 6) is 0.392. The number of amides is 1. The first-order valence-electron chi connectivity index (χ1n) is 8.42. The highest BCUT2D eigenvalue weighted by atomic mass is 32.1. The van der Waals surface area contributed by atoms with Gasteiger partial charge in [-0.1, -0.05) is 6.92 Å². The standard InChI is InChI=1S/C19H21NO5S/c1-11-3-8-14-15(9-11)26-18(17(14)19(23)24-2)20-16(22)10-25-13-6-4-12(21)5-7-13/h4-7,11,21H,3,8-10H2,1-2H3,(H,20,22). The summed E-state index contributed by atoms with van der Waals surface area (Å²) in [6.07, 6.45) is 2.74. The highest BCUT2D eigenvalue weighted by molar-refractivity contribution is 7.17. The third-order valence-electron chi connectivity index (χ3n) is 4.36. The molecule has 1 unspecified atom stereocenters. The largest absolute Gasteiger partial charge is 0.508 e. The van der Waals surface area contributed by atoms with Crippen molar-refractivity contribution in [1.29, 1.82) is 0 Å². The number of hydrogen-bond acceptors (Lipinski definition) is 6. The van der Waals surface area contributed by atoms with E-state index in [0.29, 0.717) is 22.2 Å². The summed E-state index contributed by atoms with van der Waals surface area (Å²) < 4.78 is 10.3. The molecule has 138 valence electrons. The van der Waals surface area contributed by atoms with Crippen LogP contribution in [0.15, 0.2) is 24.3 Å². The number of nitrogens with one attached hydrogen (secondary N) is 1. The van der Waals surface area contributed by atoms with E-state index in [9.17, 15) is 14.7 Å². The predicted molar refractivity (Wildman–Crippen MR) is 99.1 cm³/mol. The van der Waals surface area contributed by atoms with Crippen molar-refractivity contribution >= 4 is 28.2 Å². The molecule has 2 aromatic rings. The van der Waals surface area contributed by atoms with Gasteiger partial charge in [-0.05, 0) is 55.0 Å². The van der Waals surface area contributed by atoms with Crippen LogP contribution in [0.3, 0.4) is 0 Å². The van der Waals surface area contributed by atoms with Crippen molar-refractivity contribution in [2.24, 2.45) is 5.92 Å². The molecule has 1 amide bonds. The number of hydrogen-bond donors (Lipinski definition) is 2. The predicted octanol–water partition coefficient (Wildman–Crippen LogP) is 3.38. The minimum atomic E-state index is -0.424. The van der Waals surface area contributed by atoms with Gasteiger partial charge >= 0.3 is 5.97 Å². The van der Waals surface area contributed by atoms with E-state index in [-0.39, 0.29) is 18.3 Å². The van der Waals surface area contributed by atoms with Gasteiger partial charge in [0.05, 0.1) is 12.7 Å². The Bertz CT molecular complexity index is 812. The van der Waals surface area contributed by atoms with Gasteiger partial charge in [0, 0.05) is 4.88 Å². The molecule has 0 saturated carbocycles. The smallest absolute Gasteiger partial charge is 0.341 e. The first-order valence-corrected chi connectivity index (χ1v) is 9.24. The molecule has 0 fully saturated rings. The molecule has 1 atom stereocenters. The van der Waals surface area contributed by atoms with Crippen molar-refractivity contribution in [2.45, 2.75) is 26.2 Å². The van der Waals surface area contributed by atoms with Crippen molar-refractivity contribution in [3.8, 4) is 11.5 Å². The van der Waals surface area contributed by atoms with Crippen molar-refractivity contribution in [3.63, 3.8) is 0 Å². The maximum absolute atomic E-state index is 12.3. The van der Waals surface area contributed by atoms with Gasteiger partial charge in [0.15, 0.2) is 6.61 Å². The number of aromatic hydroxyl groups is 1. The molecule has 0 bridgehead atoms. The first kappa shape index (κ1) is 18.3. The molecule has 26 heavy (non-hydrogen) atoms. The van der Waals surface area contributed by atoms with Gasteiger partial charge in [-0.25, -0.2) is 4.79 Å². The number of ether oxygens (including phenoxy) is 2. The fraction of sp³-hybridized carbons (Fsp3) is 0.368. The van der Waals surface area contributed by atoms with E-state index in [1.807, 2.05) is 0 Å². The van der Waals surface area contributed by atoms with Crippen LogP contribution >= 0.6 is 11.3 Å². The number of methoxy groups -OCH3 is 1. The topological polar surface area (TPSA) is 84.9 Å². The molecule has 1 aliphatic rings. The maximum Gasteiger partial charge on any atom is 0.341 e. The Morgan fingerprint density at radius 3 is 2.73 bits per heavy atom. The van der Waals surface area contributed by atoms with Gasteiger partial charge in [-0.15, -0.1) is 11.3 Å². The Kier molecular flexibility index (Phi) is 5.46. The molecule has 1 aromatic heterocycles. The van der Waals surface area contributed by atoms with Crippen LogP contribution in [-0.4, -0.2) is 30.7 Å². The number of phenolic OH excluding ortho intramolecular Hbond substituents is 1. The van der Waals surface area contributed by atoms with Crippen molar-refractivity contribution in [2.75, 3.05) is 19.0 Å². The second-order valence-electron chi connectivity index (χ2n) is 6.38. The lowest BCUT2D eigenvalue weighted by molar-refractivity contribution is -0.118. The highest BCUT2D eigenvalue weighted by Crippen LogP contribution is 2.40. The summed E-state index contributed by atoms with van der Waals surface area (Å²) in [6, 6.07) is 6.12. The third-order valence-corrected chi connectivity index (χ3v) is 5.53. The zero-order chi connectivity index (χ0) is 18.7. The summed E-state index contributed by atoms with van der Waals surface area (Å²) in [5.41, 5.74) is 1.46. The maximum atomic E-state index is 12.3. The quantitative estimate of drug-likeness (QED) is 0.783. The van der Waals surface area contributed by atoms with E-state index in [1.54, 1.807) is 12.1 Å². The average molecular weight is 375 g/mol.